The fourth-order valence-corrected chi connectivity index (χ4v) is 6.04. The van der Waals surface area contributed by atoms with Crippen LogP contribution >= 0.6 is 23.4 Å². The van der Waals surface area contributed by atoms with E-state index in [1.54, 1.807) is 0 Å². The van der Waals surface area contributed by atoms with E-state index in [-0.39, 0.29) is 33.3 Å². The minimum atomic E-state index is -4.06. The van der Waals surface area contributed by atoms with E-state index in [9.17, 15) is 18.0 Å². The molecule has 2 rings (SSSR count). The van der Waals surface area contributed by atoms with Gasteiger partial charge in [0.2, 0.25) is 15.9 Å². The van der Waals surface area contributed by atoms with Crippen molar-refractivity contribution in [2.75, 3.05) is 18.7 Å². The van der Waals surface area contributed by atoms with Crippen molar-refractivity contribution in [2.45, 2.75) is 37.2 Å². The molecule has 1 saturated heterocycles. The average Bonchev–Trinajstić information content (AvgIpc) is 3.11. The molecule has 1 aromatic rings. The lowest BCUT2D eigenvalue weighted by Gasteiger charge is -2.24. The van der Waals surface area contributed by atoms with Gasteiger partial charge in [0, 0.05) is 11.8 Å². The smallest absolute Gasteiger partial charge is 0.337 e. The molecule has 1 aliphatic rings. The van der Waals surface area contributed by atoms with Crippen molar-refractivity contribution in [3.05, 3.63) is 28.8 Å². The van der Waals surface area contributed by atoms with Gasteiger partial charge in [0.25, 0.3) is 0 Å². The highest BCUT2D eigenvalue weighted by Gasteiger charge is 2.41. The number of benzene rings is 1. The van der Waals surface area contributed by atoms with Gasteiger partial charge < -0.3 is 10.1 Å². The number of esters is 1. The van der Waals surface area contributed by atoms with E-state index in [0.717, 1.165) is 10.7 Å². The quantitative estimate of drug-likeness (QED) is 0.708. The highest BCUT2D eigenvalue weighted by Crippen LogP contribution is 2.32. The summed E-state index contributed by atoms with van der Waals surface area (Å²) in [6, 6.07) is 3.02. The van der Waals surface area contributed by atoms with Gasteiger partial charge in [0.15, 0.2) is 0 Å². The number of ether oxygens (including phenoxy) is 1. The van der Waals surface area contributed by atoms with Crippen LogP contribution in [-0.4, -0.2) is 55.4 Å². The number of nitrogens with one attached hydrogen (secondary N) is 1. The zero-order chi connectivity index (χ0) is 19.5. The van der Waals surface area contributed by atoms with Crippen LogP contribution in [0.4, 0.5) is 0 Å². The van der Waals surface area contributed by atoms with Crippen molar-refractivity contribution in [2.24, 2.45) is 0 Å². The fraction of sp³-hybridized carbons (Fsp3) is 0.500. The second-order valence-corrected chi connectivity index (χ2v) is 9.13. The van der Waals surface area contributed by atoms with Crippen molar-refractivity contribution in [3.63, 3.8) is 0 Å². The van der Waals surface area contributed by atoms with E-state index >= 15 is 0 Å². The molecule has 0 aliphatic carbocycles. The zero-order valence-corrected chi connectivity index (χ0v) is 17.1. The number of thioether (sulfide) groups is 1. The van der Waals surface area contributed by atoms with Crippen LogP contribution in [0.2, 0.25) is 5.02 Å². The summed E-state index contributed by atoms with van der Waals surface area (Å²) < 4.78 is 31.9. The van der Waals surface area contributed by atoms with Gasteiger partial charge in [-0.05, 0) is 31.5 Å². The van der Waals surface area contributed by atoms with E-state index < -0.39 is 22.0 Å². The minimum Gasteiger partial charge on any atom is -0.465 e. The summed E-state index contributed by atoms with van der Waals surface area (Å²) >= 11 is 7.42. The van der Waals surface area contributed by atoms with Crippen LogP contribution < -0.4 is 5.32 Å². The molecule has 0 spiro atoms. The number of sulfonamides is 1. The molecule has 1 N–H and O–H groups in total. The molecule has 2 atom stereocenters. The summed E-state index contributed by atoms with van der Waals surface area (Å²) in [5.74, 6) is -0.511. The number of hydrogen-bond acceptors (Lipinski definition) is 6. The number of nitrogens with zero attached hydrogens (tertiary/aromatic N) is 1. The van der Waals surface area contributed by atoms with Gasteiger partial charge in [-0.25, -0.2) is 13.2 Å². The lowest BCUT2D eigenvalue weighted by Crippen LogP contribution is -2.49. The zero-order valence-electron chi connectivity index (χ0n) is 14.7. The SMILES string of the molecule is CCC(C)NC(=O)C1CSCN1S(=O)(=O)c1cc(C(=O)OC)ccc1Cl. The monoisotopic (exact) mass is 420 g/mol. The third-order valence-electron chi connectivity index (χ3n) is 4.08. The Kier molecular flexibility index (Phi) is 6.95. The summed E-state index contributed by atoms with van der Waals surface area (Å²) in [5.41, 5.74) is 0.0722. The van der Waals surface area contributed by atoms with Crippen LogP contribution in [0, 0.1) is 0 Å². The molecule has 7 nitrogen and oxygen atoms in total. The van der Waals surface area contributed by atoms with Crippen molar-refractivity contribution < 1.29 is 22.7 Å². The van der Waals surface area contributed by atoms with E-state index in [2.05, 4.69) is 10.1 Å². The van der Waals surface area contributed by atoms with Gasteiger partial charge in [-0.15, -0.1) is 11.8 Å². The third-order valence-corrected chi connectivity index (χ3v) is 7.60. The molecule has 10 heteroatoms. The molecule has 0 saturated carbocycles. The standard InChI is InChI=1S/C16H21ClN2O5S2/c1-4-10(2)18-15(20)13-8-25-9-19(13)26(22,23)14-7-11(16(21)24-3)5-6-12(14)17/h5-7,10,13H,4,8-9H2,1-3H3,(H,18,20). The van der Waals surface area contributed by atoms with Gasteiger partial charge in [-0.2, -0.15) is 4.31 Å². The van der Waals surface area contributed by atoms with Crippen LogP contribution in [0.5, 0.6) is 0 Å². The Bertz CT molecular complexity index is 800. The van der Waals surface area contributed by atoms with Gasteiger partial charge in [-0.3, -0.25) is 4.79 Å². The normalized spacial score (nSPS) is 19.2. The largest absolute Gasteiger partial charge is 0.465 e. The van der Waals surface area contributed by atoms with Gasteiger partial charge in [-0.1, -0.05) is 18.5 Å². The molecular weight excluding hydrogens is 400 g/mol. The van der Waals surface area contributed by atoms with E-state index in [1.165, 1.54) is 37.1 Å². The molecule has 1 fully saturated rings. The second kappa shape index (κ2) is 8.60. The number of carbonyl (C=O) groups excluding carboxylic acids is 2. The highest BCUT2D eigenvalue weighted by molar-refractivity contribution is 8.00. The predicted octanol–water partition coefficient (Wildman–Crippen LogP) is 2.10. The first-order valence-electron chi connectivity index (χ1n) is 8.00. The Morgan fingerprint density at radius 1 is 1.46 bits per heavy atom. The lowest BCUT2D eigenvalue weighted by molar-refractivity contribution is -0.124. The van der Waals surface area contributed by atoms with E-state index in [1.807, 2.05) is 13.8 Å². The number of methoxy groups -OCH3 is 1. The van der Waals surface area contributed by atoms with Crippen LogP contribution in [0.3, 0.4) is 0 Å². The molecule has 26 heavy (non-hydrogen) atoms. The first-order valence-corrected chi connectivity index (χ1v) is 11.0. The Hall–Kier alpha value is -1.29. The molecule has 0 bridgehead atoms. The second-order valence-electron chi connectivity index (χ2n) is 5.86. The maximum absolute atomic E-state index is 13.1. The summed E-state index contributed by atoms with van der Waals surface area (Å²) in [6.07, 6.45) is 0.741. The van der Waals surface area contributed by atoms with E-state index in [0.29, 0.717) is 5.75 Å². The topological polar surface area (TPSA) is 92.8 Å². The van der Waals surface area contributed by atoms with Crippen LogP contribution in [-0.2, 0) is 19.6 Å². The molecule has 144 valence electrons. The van der Waals surface area contributed by atoms with Crippen molar-refractivity contribution in [3.8, 4) is 0 Å². The Morgan fingerprint density at radius 3 is 2.77 bits per heavy atom. The summed E-state index contributed by atoms with van der Waals surface area (Å²) in [5, 5.41) is 2.79. The number of rotatable bonds is 6. The first kappa shape index (κ1) is 21.0. The average molecular weight is 421 g/mol. The molecule has 0 aromatic heterocycles. The van der Waals surface area contributed by atoms with Crippen molar-refractivity contribution in [1.29, 1.82) is 0 Å². The minimum absolute atomic E-state index is 0.0179. The van der Waals surface area contributed by atoms with Crippen molar-refractivity contribution in [1.82, 2.24) is 9.62 Å². The predicted molar refractivity (Wildman–Crippen MR) is 101 cm³/mol. The molecule has 1 amide bonds. The maximum Gasteiger partial charge on any atom is 0.337 e. The molecule has 1 aliphatic heterocycles. The fourth-order valence-electron chi connectivity index (χ4n) is 2.38. The van der Waals surface area contributed by atoms with Crippen molar-refractivity contribution >= 4 is 45.3 Å². The van der Waals surface area contributed by atoms with Gasteiger partial charge in [0.1, 0.15) is 10.9 Å². The molecule has 2 unspecified atom stereocenters. The van der Waals surface area contributed by atoms with E-state index in [4.69, 9.17) is 11.6 Å². The molecule has 1 heterocycles. The molecule has 1 aromatic carbocycles. The number of halogens is 1. The highest BCUT2D eigenvalue weighted by atomic mass is 35.5. The molecular formula is C16H21ClN2O5S2. The summed E-state index contributed by atoms with van der Waals surface area (Å²) in [7, 11) is -2.85. The Balaban J connectivity index is 2.37. The van der Waals surface area contributed by atoms with Gasteiger partial charge in [0.05, 0.1) is 23.6 Å². The van der Waals surface area contributed by atoms with Crippen LogP contribution in [0.15, 0.2) is 23.1 Å². The lowest BCUT2D eigenvalue weighted by atomic mass is 10.2. The Labute approximate surface area is 162 Å². The number of carbonyl (C=O) groups is 2. The third kappa shape index (κ3) is 4.33. The Morgan fingerprint density at radius 2 is 2.15 bits per heavy atom. The number of hydrogen-bond donors (Lipinski definition) is 1. The van der Waals surface area contributed by atoms with Crippen LogP contribution in [0.1, 0.15) is 30.6 Å². The van der Waals surface area contributed by atoms with Gasteiger partial charge >= 0.3 is 5.97 Å². The molecule has 0 radical (unpaired) electrons. The number of amides is 1. The summed E-state index contributed by atoms with van der Waals surface area (Å²) in [4.78, 5) is 24.0. The maximum atomic E-state index is 13.1. The summed E-state index contributed by atoms with van der Waals surface area (Å²) in [6.45, 7) is 3.79. The van der Waals surface area contributed by atoms with Crippen LogP contribution in [0.25, 0.3) is 0 Å². The first-order chi connectivity index (χ1) is 12.2.